The molecule has 0 radical (unpaired) electrons. The van der Waals surface area contributed by atoms with E-state index in [2.05, 4.69) is 146 Å². The molecule has 0 bridgehead atoms. The van der Waals surface area contributed by atoms with Gasteiger partial charge in [0.1, 0.15) is 0 Å². The molecule has 0 fully saturated rings. The molecule has 0 aromatic heterocycles. The molecular weight excluding hydrogens is 790 g/mol. The van der Waals surface area contributed by atoms with E-state index >= 15 is 0 Å². The first-order valence-corrected chi connectivity index (χ1v) is 17.1. The molecule has 44 heavy (non-hydrogen) atoms. The summed E-state index contributed by atoms with van der Waals surface area (Å²) in [5.41, 5.74) is 11.3. The number of fused-ring (bicyclic) bond motifs is 3. The summed E-state index contributed by atoms with van der Waals surface area (Å²) in [4.78, 5) is 0. The van der Waals surface area contributed by atoms with Crippen molar-refractivity contribution in [1.29, 1.82) is 0 Å². The second kappa shape index (κ2) is 16.9. The molecule has 1 aliphatic carbocycles. The van der Waals surface area contributed by atoms with Crippen molar-refractivity contribution in [2.45, 2.75) is 58.8 Å². The van der Waals surface area contributed by atoms with Gasteiger partial charge in [0.05, 0.1) is 0 Å². The molecule has 5 heteroatoms. The zero-order valence-corrected chi connectivity index (χ0v) is 33.3. The molecule has 5 aromatic carbocycles. The maximum atomic E-state index is 3.60. The van der Waals surface area contributed by atoms with Crippen molar-refractivity contribution in [3.63, 3.8) is 0 Å². The van der Waals surface area contributed by atoms with Crippen LogP contribution in [0.4, 0.5) is 0 Å². The van der Waals surface area contributed by atoms with Gasteiger partial charge in [-0.2, -0.15) is 47.5 Å². The van der Waals surface area contributed by atoms with Gasteiger partial charge in [-0.15, -0.1) is 5.56 Å². The van der Waals surface area contributed by atoms with Gasteiger partial charge in [0, 0.05) is 0 Å². The largest absolute Gasteiger partial charge is 1.00 e. The van der Waals surface area contributed by atoms with Crippen molar-refractivity contribution < 1.29 is 49.0 Å². The fourth-order valence-electron chi connectivity index (χ4n) is 4.78. The molecular formula is C39H38Br2Cl2Zr-2. The normalized spacial score (nSPS) is 11.3. The average Bonchev–Trinajstić information content (AvgIpc) is 3.64. The molecule has 0 saturated heterocycles. The number of benzene rings is 4. The van der Waals surface area contributed by atoms with Crippen LogP contribution >= 0.6 is 31.9 Å². The standard InChI is InChI=1S/C21H25.C13H8Br2.C5H5.2ClH.Zr/c1-20(2,3)16-9-7-14-11-15-8-10-17(21(4,5)6)13-19(15)18(14)12-16;14-12-7-3-1-5-10(12)9-11-6-2-4-8-13(11)15;1-2-4-5-3-1;;;/h7,9-10,12-13H,11H2,1-6H3;1-8H;1-5H;2*1H;/q-1;;-1;;;+2/p-2. The van der Waals surface area contributed by atoms with Crippen LogP contribution in [0.1, 0.15) is 74.9 Å². The molecule has 0 spiro atoms. The molecule has 0 unspecified atom stereocenters. The molecule has 6 rings (SSSR count). The van der Waals surface area contributed by atoms with Gasteiger partial charge in [-0.05, 0) is 17.4 Å². The zero-order valence-electron chi connectivity index (χ0n) is 26.1. The third-order valence-electron chi connectivity index (χ3n) is 7.37. The molecule has 0 heterocycles. The predicted octanol–water partition coefficient (Wildman–Crippen LogP) is 5.39. The maximum absolute atomic E-state index is 3.60. The Morgan fingerprint density at radius 1 is 0.682 bits per heavy atom. The minimum Gasteiger partial charge on any atom is -1.00 e. The Hall–Kier alpha value is -1.48. The van der Waals surface area contributed by atoms with Crippen molar-refractivity contribution in [1.82, 2.24) is 0 Å². The topological polar surface area (TPSA) is 0 Å². The van der Waals surface area contributed by atoms with Crippen molar-refractivity contribution in [2.75, 3.05) is 0 Å². The van der Waals surface area contributed by atoms with Crippen molar-refractivity contribution in [3.05, 3.63) is 158 Å². The van der Waals surface area contributed by atoms with Crippen LogP contribution in [-0.2, 0) is 41.5 Å². The Morgan fingerprint density at radius 3 is 1.64 bits per heavy atom. The summed E-state index contributed by atoms with van der Waals surface area (Å²) in [6.07, 6.45) is 1.03. The summed E-state index contributed by atoms with van der Waals surface area (Å²) in [5, 5.41) is 0. The minimum absolute atomic E-state index is 0. The first-order chi connectivity index (χ1) is 19.9. The van der Waals surface area contributed by atoms with E-state index in [-0.39, 0.29) is 35.6 Å². The fraction of sp³-hybridized carbons (Fsp3) is 0.231. The summed E-state index contributed by atoms with van der Waals surface area (Å²) in [5.74, 6) is 0. The van der Waals surface area contributed by atoms with Gasteiger partial charge in [-0.1, -0.05) is 76.3 Å². The van der Waals surface area contributed by atoms with Gasteiger partial charge in [0.2, 0.25) is 0 Å². The van der Waals surface area contributed by atoms with Crippen LogP contribution in [0.15, 0.2) is 118 Å². The van der Waals surface area contributed by atoms with Gasteiger partial charge < -0.3 is 24.8 Å². The Labute approximate surface area is 308 Å². The van der Waals surface area contributed by atoms with Crippen LogP contribution in [0.2, 0.25) is 0 Å². The van der Waals surface area contributed by atoms with Gasteiger partial charge >= 0.3 is 128 Å². The average molecular weight is 829 g/mol. The van der Waals surface area contributed by atoms with Crippen LogP contribution in [0, 0.1) is 6.07 Å². The van der Waals surface area contributed by atoms with E-state index in [1.54, 1.807) is 0 Å². The van der Waals surface area contributed by atoms with Gasteiger partial charge in [-0.25, -0.2) is 12.1 Å². The minimum atomic E-state index is 0. The van der Waals surface area contributed by atoms with Crippen LogP contribution in [0.5, 0.6) is 0 Å². The molecule has 0 nitrogen and oxygen atoms in total. The van der Waals surface area contributed by atoms with E-state index in [4.69, 9.17) is 0 Å². The molecule has 0 N–H and O–H groups in total. The van der Waals surface area contributed by atoms with Gasteiger partial charge in [-0.3, -0.25) is 0 Å². The number of hydrogen-bond acceptors (Lipinski definition) is 0. The molecule has 228 valence electrons. The molecule has 1 aliphatic rings. The monoisotopic (exact) mass is 824 g/mol. The molecule has 0 saturated carbocycles. The van der Waals surface area contributed by atoms with E-state index in [0.29, 0.717) is 0 Å². The van der Waals surface area contributed by atoms with Crippen LogP contribution in [0.25, 0.3) is 11.1 Å². The smallest absolute Gasteiger partial charge is 0.0132 e. The molecule has 0 aliphatic heterocycles. The summed E-state index contributed by atoms with van der Waals surface area (Å²) in [6.45, 7) is 13.6. The maximum Gasteiger partial charge on any atom is -0.0132 e. The summed E-state index contributed by atoms with van der Waals surface area (Å²) in [7, 11) is 0. The number of halogens is 4. The third kappa shape index (κ3) is 10.0. The van der Waals surface area contributed by atoms with Crippen molar-refractivity contribution in [3.8, 4) is 11.1 Å². The van der Waals surface area contributed by atoms with Crippen molar-refractivity contribution in [2.24, 2.45) is 0 Å². The fourth-order valence-corrected chi connectivity index (χ4v) is 7.72. The Morgan fingerprint density at radius 2 is 1.18 bits per heavy atom. The van der Waals surface area contributed by atoms with E-state index < -0.39 is 0 Å². The van der Waals surface area contributed by atoms with E-state index in [1.165, 1.54) is 71.9 Å². The quantitative estimate of drug-likeness (QED) is 0.206. The molecule has 0 amide bonds. The Bertz CT molecular complexity index is 1530. The summed E-state index contributed by atoms with van der Waals surface area (Å²) in [6, 6.07) is 41.7. The molecule has 5 aromatic rings. The predicted molar refractivity (Wildman–Crippen MR) is 184 cm³/mol. The van der Waals surface area contributed by atoms with Crippen LogP contribution in [-0.4, -0.2) is 3.21 Å². The first-order valence-electron chi connectivity index (χ1n) is 14.3. The second-order valence-corrected chi connectivity index (χ2v) is 15.6. The second-order valence-electron chi connectivity index (χ2n) is 12.6. The Balaban J connectivity index is 0.000000260. The van der Waals surface area contributed by atoms with Crippen LogP contribution in [0.3, 0.4) is 0 Å². The number of hydrogen-bond donors (Lipinski definition) is 0. The zero-order chi connectivity index (χ0) is 30.5. The van der Waals surface area contributed by atoms with E-state index in [0.717, 1.165) is 15.4 Å². The van der Waals surface area contributed by atoms with Gasteiger partial charge in [0.15, 0.2) is 0 Å². The van der Waals surface area contributed by atoms with E-state index in [1.807, 2.05) is 42.5 Å². The summed E-state index contributed by atoms with van der Waals surface area (Å²) >= 11 is 8.61. The Kier molecular flexibility index (Phi) is 14.9. The molecule has 0 atom stereocenters. The summed E-state index contributed by atoms with van der Waals surface area (Å²) < 4.78 is 3.65. The van der Waals surface area contributed by atoms with Crippen molar-refractivity contribution >= 4 is 35.1 Å². The van der Waals surface area contributed by atoms with E-state index in [9.17, 15) is 0 Å². The third-order valence-corrected chi connectivity index (χ3v) is 10.1. The first kappa shape index (κ1) is 38.7. The number of rotatable bonds is 2. The van der Waals surface area contributed by atoms with Crippen LogP contribution < -0.4 is 24.8 Å². The van der Waals surface area contributed by atoms with Gasteiger partial charge in [0.25, 0.3) is 0 Å². The SMILES string of the molecule is Brc1ccccc1[C](=[Zr+2])c1ccccc1Br.CC(C)(C)c1c[c-]c2c(c1)-c1cc(C(C)(C)C)ccc1C2.[Cl-].[Cl-].c1cc[cH-]c1.